The molecule has 0 aliphatic rings. The molecule has 2 rings (SSSR count). The van der Waals surface area contributed by atoms with E-state index in [1.54, 1.807) is 31.4 Å². The highest BCUT2D eigenvalue weighted by Gasteiger charge is 2.17. The van der Waals surface area contributed by atoms with Crippen molar-refractivity contribution >= 4 is 17.3 Å². The Balaban J connectivity index is 2.35. The van der Waals surface area contributed by atoms with Crippen molar-refractivity contribution in [2.24, 2.45) is 0 Å². The molecule has 0 radical (unpaired) electrons. The Labute approximate surface area is 123 Å². The molecule has 21 heavy (non-hydrogen) atoms. The van der Waals surface area contributed by atoms with Gasteiger partial charge in [-0.05, 0) is 36.8 Å². The van der Waals surface area contributed by atoms with Crippen molar-refractivity contribution < 1.29 is 14.3 Å². The van der Waals surface area contributed by atoms with E-state index in [-0.39, 0.29) is 5.91 Å². The van der Waals surface area contributed by atoms with E-state index in [1.165, 1.54) is 7.11 Å². The van der Waals surface area contributed by atoms with E-state index in [0.29, 0.717) is 28.4 Å². The lowest BCUT2D eigenvalue weighted by Crippen LogP contribution is -2.16. The van der Waals surface area contributed by atoms with Gasteiger partial charge in [0, 0.05) is 5.69 Å². The summed E-state index contributed by atoms with van der Waals surface area (Å²) in [6.07, 6.45) is 0. The maximum absolute atomic E-state index is 12.4. The van der Waals surface area contributed by atoms with Crippen LogP contribution in [0.2, 0.25) is 0 Å². The lowest BCUT2D eigenvalue weighted by molar-refractivity contribution is 0.102. The minimum absolute atomic E-state index is 0.308. The summed E-state index contributed by atoms with van der Waals surface area (Å²) in [6.45, 7) is 1.95. The average molecular weight is 286 g/mol. The molecule has 0 spiro atoms. The number of benzene rings is 2. The van der Waals surface area contributed by atoms with Crippen LogP contribution in [0.25, 0.3) is 0 Å². The van der Waals surface area contributed by atoms with Gasteiger partial charge in [0.1, 0.15) is 17.1 Å². The molecule has 2 aromatic carbocycles. The largest absolute Gasteiger partial charge is 0.496 e. The lowest BCUT2D eigenvalue weighted by atomic mass is 10.1. The quantitative estimate of drug-likeness (QED) is 0.848. The fraction of sp³-hybridized carbons (Fsp3) is 0.188. The number of methoxy groups -OCH3 is 2. The molecule has 110 valence electrons. The topological polar surface area (TPSA) is 73.6 Å². The molecule has 0 atom stereocenters. The minimum Gasteiger partial charge on any atom is -0.496 e. The van der Waals surface area contributed by atoms with E-state index in [9.17, 15) is 4.79 Å². The number of anilines is 2. The Kier molecular flexibility index (Phi) is 4.33. The predicted octanol–water partition coefficient (Wildman–Crippen LogP) is 2.85. The van der Waals surface area contributed by atoms with Crippen molar-refractivity contribution in [1.29, 1.82) is 0 Å². The Morgan fingerprint density at radius 1 is 1.10 bits per heavy atom. The standard InChI is InChI=1S/C16H18N2O3/c1-10-7-8-12(14(9-10)21-3)18-16(19)15-11(17)5-4-6-13(15)20-2/h4-9H,17H2,1-3H3,(H,18,19). The van der Waals surface area contributed by atoms with Crippen molar-refractivity contribution in [2.45, 2.75) is 6.92 Å². The van der Waals surface area contributed by atoms with Crippen LogP contribution in [0, 0.1) is 6.92 Å². The van der Waals surface area contributed by atoms with Gasteiger partial charge in [-0.1, -0.05) is 12.1 Å². The molecule has 0 bridgehead atoms. The van der Waals surface area contributed by atoms with Crippen molar-refractivity contribution in [1.82, 2.24) is 0 Å². The number of nitrogens with two attached hydrogens (primary N) is 1. The average Bonchev–Trinajstić information content (AvgIpc) is 2.48. The lowest BCUT2D eigenvalue weighted by Gasteiger charge is -2.14. The predicted molar refractivity (Wildman–Crippen MR) is 83.1 cm³/mol. The smallest absolute Gasteiger partial charge is 0.261 e. The summed E-state index contributed by atoms with van der Waals surface area (Å²) >= 11 is 0. The van der Waals surface area contributed by atoms with Crippen LogP contribution < -0.4 is 20.5 Å². The Hall–Kier alpha value is -2.69. The molecular weight excluding hydrogens is 268 g/mol. The zero-order valence-electron chi connectivity index (χ0n) is 12.3. The number of aryl methyl sites for hydroxylation is 1. The Morgan fingerprint density at radius 3 is 2.48 bits per heavy atom. The van der Waals surface area contributed by atoms with Crippen LogP contribution in [0.4, 0.5) is 11.4 Å². The van der Waals surface area contributed by atoms with Crippen LogP contribution in [0.3, 0.4) is 0 Å². The summed E-state index contributed by atoms with van der Waals surface area (Å²) in [6, 6.07) is 10.6. The van der Waals surface area contributed by atoms with Gasteiger partial charge < -0.3 is 20.5 Å². The molecule has 0 saturated carbocycles. The molecule has 0 aromatic heterocycles. The fourth-order valence-corrected chi connectivity index (χ4v) is 2.05. The molecule has 0 heterocycles. The first-order valence-electron chi connectivity index (χ1n) is 6.45. The first-order valence-corrected chi connectivity index (χ1v) is 6.45. The summed E-state index contributed by atoms with van der Waals surface area (Å²) in [5, 5.41) is 2.80. The highest BCUT2D eigenvalue weighted by molar-refractivity contribution is 6.10. The molecule has 1 amide bonds. The van der Waals surface area contributed by atoms with Crippen LogP contribution >= 0.6 is 0 Å². The summed E-state index contributed by atoms with van der Waals surface area (Å²) in [5.74, 6) is 0.683. The van der Waals surface area contributed by atoms with Gasteiger partial charge in [0.05, 0.1) is 19.9 Å². The fourth-order valence-electron chi connectivity index (χ4n) is 2.05. The van der Waals surface area contributed by atoms with Crippen LogP contribution in [-0.4, -0.2) is 20.1 Å². The number of rotatable bonds is 4. The minimum atomic E-state index is -0.341. The molecule has 2 aromatic rings. The zero-order valence-corrected chi connectivity index (χ0v) is 12.3. The van der Waals surface area contributed by atoms with Crippen molar-refractivity contribution in [3.63, 3.8) is 0 Å². The molecule has 5 nitrogen and oxygen atoms in total. The van der Waals surface area contributed by atoms with Crippen LogP contribution in [0.5, 0.6) is 11.5 Å². The van der Waals surface area contributed by atoms with E-state index in [0.717, 1.165) is 5.56 Å². The first kappa shape index (κ1) is 14.7. The third-order valence-corrected chi connectivity index (χ3v) is 3.11. The van der Waals surface area contributed by atoms with Crippen LogP contribution in [0.15, 0.2) is 36.4 Å². The monoisotopic (exact) mass is 286 g/mol. The van der Waals surface area contributed by atoms with E-state index >= 15 is 0 Å². The number of nitrogen functional groups attached to an aromatic ring is 1. The van der Waals surface area contributed by atoms with E-state index in [1.807, 2.05) is 19.1 Å². The number of hydrogen-bond donors (Lipinski definition) is 2. The number of nitrogens with one attached hydrogen (secondary N) is 1. The number of hydrogen-bond acceptors (Lipinski definition) is 4. The maximum atomic E-state index is 12.4. The summed E-state index contributed by atoms with van der Waals surface area (Å²) in [5.41, 5.74) is 8.17. The third kappa shape index (κ3) is 3.08. The first-order chi connectivity index (χ1) is 10.1. The highest BCUT2D eigenvalue weighted by Crippen LogP contribution is 2.29. The van der Waals surface area contributed by atoms with Crippen molar-refractivity contribution in [3.8, 4) is 11.5 Å². The molecule has 0 unspecified atom stereocenters. The summed E-state index contributed by atoms with van der Waals surface area (Å²) in [7, 11) is 3.06. The summed E-state index contributed by atoms with van der Waals surface area (Å²) < 4.78 is 10.5. The number of ether oxygens (including phenoxy) is 2. The summed E-state index contributed by atoms with van der Waals surface area (Å²) in [4.78, 5) is 12.4. The molecular formula is C16H18N2O3. The number of carbonyl (C=O) groups is 1. The zero-order chi connectivity index (χ0) is 15.4. The second-order valence-corrected chi connectivity index (χ2v) is 4.58. The molecule has 3 N–H and O–H groups in total. The number of carbonyl (C=O) groups excluding carboxylic acids is 1. The van der Waals surface area contributed by atoms with Crippen LogP contribution in [0.1, 0.15) is 15.9 Å². The van der Waals surface area contributed by atoms with E-state index < -0.39 is 0 Å². The van der Waals surface area contributed by atoms with Gasteiger partial charge >= 0.3 is 0 Å². The van der Waals surface area contributed by atoms with E-state index in [2.05, 4.69) is 5.32 Å². The van der Waals surface area contributed by atoms with Gasteiger partial charge in [-0.25, -0.2) is 0 Å². The van der Waals surface area contributed by atoms with Gasteiger partial charge in [0.15, 0.2) is 0 Å². The number of amides is 1. The van der Waals surface area contributed by atoms with Crippen molar-refractivity contribution in [2.75, 3.05) is 25.3 Å². The highest BCUT2D eigenvalue weighted by atomic mass is 16.5. The SMILES string of the molecule is COc1cc(C)ccc1NC(=O)c1c(N)cccc1OC. The molecule has 5 heteroatoms. The van der Waals surface area contributed by atoms with Gasteiger partial charge in [0.25, 0.3) is 5.91 Å². The van der Waals surface area contributed by atoms with Gasteiger partial charge in [-0.2, -0.15) is 0 Å². The molecule has 0 aliphatic carbocycles. The third-order valence-electron chi connectivity index (χ3n) is 3.11. The van der Waals surface area contributed by atoms with E-state index in [4.69, 9.17) is 15.2 Å². The van der Waals surface area contributed by atoms with Crippen molar-refractivity contribution in [3.05, 3.63) is 47.5 Å². The molecule has 0 aliphatic heterocycles. The molecule has 0 fully saturated rings. The maximum Gasteiger partial charge on any atom is 0.261 e. The second kappa shape index (κ2) is 6.17. The van der Waals surface area contributed by atoms with Gasteiger partial charge in [-0.3, -0.25) is 4.79 Å². The van der Waals surface area contributed by atoms with Gasteiger partial charge in [-0.15, -0.1) is 0 Å². The normalized spacial score (nSPS) is 10.0. The molecule has 0 saturated heterocycles. The second-order valence-electron chi connectivity index (χ2n) is 4.58. The Morgan fingerprint density at radius 2 is 1.81 bits per heavy atom. The Bertz CT molecular complexity index is 669. The van der Waals surface area contributed by atoms with Crippen LogP contribution in [-0.2, 0) is 0 Å². The van der Waals surface area contributed by atoms with Gasteiger partial charge in [0.2, 0.25) is 0 Å².